The third-order valence-corrected chi connectivity index (χ3v) is 1.96. The molecule has 90 valence electrons. The number of aliphatic imine (C=N–C) groups is 1. The first-order chi connectivity index (χ1) is 7.99. The maximum Gasteiger partial charge on any atom is 0.300 e. The van der Waals surface area contributed by atoms with Gasteiger partial charge in [0.15, 0.2) is 0 Å². The van der Waals surface area contributed by atoms with Crippen LogP contribution in [0.2, 0.25) is 0 Å². The van der Waals surface area contributed by atoms with Crippen molar-refractivity contribution in [2.45, 2.75) is 20.8 Å². The van der Waals surface area contributed by atoms with Crippen LogP contribution in [-0.4, -0.2) is 16.8 Å². The van der Waals surface area contributed by atoms with Gasteiger partial charge in [0.05, 0.1) is 11.4 Å². The predicted octanol–water partition coefficient (Wildman–Crippen LogP) is 3.20. The summed E-state index contributed by atoms with van der Waals surface area (Å²) in [6.07, 6.45) is 2.04. The minimum atomic E-state index is -0.833. The minimum absolute atomic E-state index is 0.833. The molecule has 0 amide bonds. The van der Waals surface area contributed by atoms with Crippen LogP contribution in [0.4, 0.5) is 11.4 Å². The van der Waals surface area contributed by atoms with Gasteiger partial charge in [-0.05, 0) is 32.1 Å². The van der Waals surface area contributed by atoms with Crippen molar-refractivity contribution in [2.24, 2.45) is 4.99 Å². The van der Waals surface area contributed by atoms with E-state index >= 15 is 0 Å². The van der Waals surface area contributed by atoms with Crippen molar-refractivity contribution in [3.05, 3.63) is 36.0 Å². The number of aliphatic carboxylic acids is 1. The highest BCUT2D eigenvalue weighted by molar-refractivity contribution is 5.98. The normalized spacial score (nSPS) is 12.9. The number of carbonyl (C=O) groups is 1. The Morgan fingerprint density at radius 3 is 2.53 bits per heavy atom. The number of benzene rings is 1. The highest BCUT2D eigenvalue weighted by atomic mass is 16.4. The third kappa shape index (κ3) is 4.51. The fourth-order valence-corrected chi connectivity index (χ4v) is 1.46. The van der Waals surface area contributed by atoms with Gasteiger partial charge < -0.3 is 10.4 Å². The standard InChI is InChI=1S/C11H12N2.C2H4O2/c1-8-7-9(2)13-11-6-4-3-5-10(11)12-8;1-2(3)4/h3-7,12H,1-2H3;1H3,(H,3,4). The van der Waals surface area contributed by atoms with Gasteiger partial charge in [0, 0.05) is 18.3 Å². The Morgan fingerprint density at radius 1 is 1.29 bits per heavy atom. The molecule has 0 fully saturated rings. The molecule has 1 aromatic carbocycles. The van der Waals surface area contributed by atoms with E-state index < -0.39 is 5.97 Å². The number of hydrogen-bond donors (Lipinski definition) is 2. The van der Waals surface area contributed by atoms with Crippen molar-refractivity contribution in [1.29, 1.82) is 0 Å². The van der Waals surface area contributed by atoms with Gasteiger partial charge in [0.2, 0.25) is 0 Å². The van der Waals surface area contributed by atoms with Crippen LogP contribution in [0.5, 0.6) is 0 Å². The topological polar surface area (TPSA) is 61.7 Å². The van der Waals surface area contributed by atoms with E-state index in [2.05, 4.69) is 10.3 Å². The fourth-order valence-electron chi connectivity index (χ4n) is 1.46. The molecule has 4 nitrogen and oxygen atoms in total. The molecule has 0 spiro atoms. The van der Waals surface area contributed by atoms with Crippen molar-refractivity contribution in [2.75, 3.05) is 5.32 Å². The summed E-state index contributed by atoms with van der Waals surface area (Å²) in [5.41, 5.74) is 4.25. The Labute approximate surface area is 101 Å². The van der Waals surface area contributed by atoms with E-state index in [1.165, 1.54) is 0 Å². The molecule has 1 aliphatic rings. The summed E-state index contributed by atoms with van der Waals surface area (Å²) in [5.74, 6) is -0.833. The summed E-state index contributed by atoms with van der Waals surface area (Å²) >= 11 is 0. The second-order valence-electron chi connectivity index (χ2n) is 3.74. The van der Waals surface area contributed by atoms with Gasteiger partial charge >= 0.3 is 0 Å². The lowest BCUT2D eigenvalue weighted by atomic mass is 10.2. The van der Waals surface area contributed by atoms with Crippen LogP contribution in [0.3, 0.4) is 0 Å². The molecule has 0 saturated carbocycles. The maximum absolute atomic E-state index is 9.00. The zero-order valence-electron chi connectivity index (χ0n) is 10.2. The molecular formula is C13H16N2O2. The minimum Gasteiger partial charge on any atom is -0.481 e. The summed E-state index contributed by atoms with van der Waals surface area (Å²) in [6.45, 7) is 5.13. The van der Waals surface area contributed by atoms with Gasteiger partial charge in [0.25, 0.3) is 5.97 Å². The lowest BCUT2D eigenvalue weighted by Crippen LogP contribution is -1.94. The van der Waals surface area contributed by atoms with Crippen molar-refractivity contribution < 1.29 is 9.90 Å². The zero-order valence-corrected chi connectivity index (χ0v) is 10.2. The maximum atomic E-state index is 9.00. The Balaban J connectivity index is 0.000000317. The molecule has 0 saturated heterocycles. The van der Waals surface area contributed by atoms with Crippen LogP contribution >= 0.6 is 0 Å². The van der Waals surface area contributed by atoms with Crippen molar-refractivity contribution in [3.8, 4) is 0 Å². The smallest absolute Gasteiger partial charge is 0.300 e. The van der Waals surface area contributed by atoms with Gasteiger partial charge in [0.1, 0.15) is 0 Å². The highest BCUT2D eigenvalue weighted by Crippen LogP contribution is 2.27. The first-order valence-electron chi connectivity index (χ1n) is 5.28. The van der Waals surface area contributed by atoms with E-state index in [0.717, 1.165) is 29.7 Å². The van der Waals surface area contributed by atoms with Gasteiger partial charge in [-0.2, -0.15) is 0 Å². The number of rotatable bonds is 0. The van der Waals surface area contributed by atoms with E-state index in [9.17, 15) is 0 Å². The van der Waals surface area contributed by atoms with E-state index in [0.29, 0.717) is 0 Å². The fraction of sp³-hybridized carbons (Fsp3) is 0.231. The lowest BCUT2D eigenvalue weighted by molar-refractivity contribution is -0.134. The highest BCUT2D eigenvalue weighted by Gasteiger charge is 2.04. The third-order valence-electron chi connectivity index (χ3n) is 1.96. The molecule has 0 aliphatic carbocycles. The monoisotopic (exact) mass is 232 g/mol. The number of carboxylic acid groups (broad SMARTS) is 1. The molecule has 0 bridgehead atoms. The van der Waals surface area contributed by atoms with Crippen LogP contribution in [0.1, 0.15) is 20.8 Å². The predicted molar refractivity (Wildman–Crippen MR) is 69.9 cm³/mol. The number of nitrogens with zero attached hydrogens (tertiary/aromatic N) is 1. The molecule has 0 atom stereocenters. The number of fused-ring (bicyclic) bond motifs is 1. The van der Waals surface area contributed by atoms with Gasteiger partial charge in [-0.1, -0.05) is 12.1 Å². The van der Waals surface area contributed by atoms with Gasteiger partial charge in [-0.3, -0.25) is 9.79 Å². The summed E-state index contributed by atoms with van der Waals surface area (Å²) in [7, 11) is 0. The molecule has 0 aromatic heterocycles. The summed E-state index contributed by atoms with van der Waals surface area (Å²) in [5, 5.41) is 10.7. The molecule has 2 rings (SSSR count). The Kier molecular flexibility index (Phi) is 4.46. The molecule has 0 radical (unpaired) electrons. The quantitative estimate of drug-likeness (QED) is 0.722. The van der Waals surface area contributed by atoms with Crippen LogP contribution in [0.25, 0.3) is 0 Å². The summed E-state index contributed by atoms with van der Waals surface area (Å²) < 4.78 is 0. The SMILES string of the molecule is CC(=O)O.CC1=CC(C)=Nc2ccccc2N1. The Hall–Kier alpha value is -2.10. The summed E-state index contributed by atoms with van der Waals surface area (Å²) in [6, 6.07) is 8.06. The largest absolute Gasteiger partial charge is 0.481 e. The van der Waals surface area contributed by atoms with E-state index in [-0.39, 0.29) is 0 Å². The molecule has 2 N–H and O–H groups in total. The lowest BCUT2D eigenvalue weighted by Gasteiger charge is -2.05. The van der Waals surface area contributed by atoms with Crippen LogP contribution in [0.15, 0.2) is 41.0 Å². The number of para-hydroxylation sites is 2. The van der Waals surface area contributed by atoms with Gasteiger partial charge in [-0.15, -0.1) is 0 Å². The Bertz CT molecular complexity index is 472. The van der Waals surface area contributed by atoms with Crippen molar-refractivity contribution in [3.63, 3.8) is 0 Å². The second-order valence-corrected chi connectivity index (χ2v) is 3.74. The van der Waals surface area contributed by atoms with Crippen molar-refractivity contribution >= 4 is 23.1 Å². The van der Waals surface area contributed by atoms with E-state index in [1.807, 2.05) is 44.2 Å². The van der Waals surface area contributed by atoms with Crippen LogP contribution < -0.4 is 5.32 Å². The molecule has 1 heterocycles. The molecule has 4 heteroatoms. The number of allylic oxidation sites excluding steroid dienone is 2. The van der Waals surface area contributed by atoms with Gasteiger partial charge in [-0.25, -0.2) is 0 Å². The van der Waals surface area contributed by atoms with Crippen LogP contribution in [-0.2, 0) is 4.79 Å². The number of hydrogen-bond acceptors (Lipinski definition) is 3. The number of anilines is 1. The molecule has 1 aliphatic heterocycles. The number of carboxylic acids is 1. The first kappa shape index (κ1) is 13.0. The van der Waals surface area contributed by atoms with E-state index in [4.69, 9.17) is 9.90 Å². The average Bonchev–Trinajstić information content (AvgIpc) is 2.33. The molecular weight excluding hydrogens is 216 g/mol. The van der Waals surface area contributed by atoms with Crippen molar-refractivity contribution in [1.82, 2.24) is 0 Å². The first-order valence-corrected chi connectivity index (χ1v) is 5.28. The molecule has 0 unspecified atom stereocenters. The van der Waals surface area contributed by atoms with Crippen LogP contribution in [0, 0.1) is 0 Å². The second kappa shape index (κ2) is 5.84. The van der Waals surface area contributed by atoms with E-state index in [1.54, 1.807) is 0 Å². The number of nitrogens with one attached hydrogen (secondary N) is 1. The Morgan fingerprint density at radius 2 is 1.88 bits per heavy atom. The zero-order chi connectivity index (χ0) is 12.8. The summed E-state index contributed by atoms with van der Waals surface area (Å²) in [4.78, 5) is 13.5. The average molecular weight is 232 g/mol. The molecule has 1 aromatic rings. The molecule has 17 heavy (non-hydrogen) atoms.